The van der Waals surface area contributed by atoms with Gasteiger partial charge >= 0.3 is 0 Å². The van der Waals surface area contributed by atoms with Crippen molar-refractivity contribution >= 4 is 54.0 Å². The molecule has 0 bridgehead atoms. The van der Waals surface area contributed by atoms with Crippen LogP contribution in [-0.4, -0.2) is 15.0 Å². The number of nitrogens with zero attached hydrogens (tertiary/aromatic N) is 3. The molecule has 0 unspecified atom stereocenters. The normalized spacial score (nSPS) is 11.5. The highest BCUT2D eigenvalue weighted by Crippen LogP contribution is 2.34. The summed E-state index contributed by atoms with van der Waals surface area (Å²) in [4.78, 5) is 14.9. The van der Waals surface area contributed by atoms with Gasteiger partial charge in [-0.3, -0.25) is 4.98 Å². The van der Waals surface area contributed by atoms with Gasteiger partial charge in [0.2, 0.25) is 0 Å². The standard InChI is InChI=1S/C59H37N3/c1-3-8-46-33-54-35-48(23-25-51(54)30-44(46)6-1)38-11-17-41(18-12-38)57-37-58(62-59(61-57)43-21-15-40(16-22-43)50-27-28-56-53(32-50)10-5-29-60-56)42-19-13-39(14-20-42)49-24-26-52-31-45-7-2-4-9-47(45)34-55(52)36-49/h1-37H. The summed E-state index contributed by atoms with van der Waals surface area (Å²) < 4.78 is 0. The summed E-state index contributed by atoms with van der Waals surface area (Å²) in [7, 11) is 0. The molecule has 12 rings (SSSR count). The molecule has 12 aromatic rings. The number of benzene rings is 10. The topological polar surface area (TPSA) is 38.7 Å². The number of rotatable bonds is 6. The molecule has 10 aromatic carbocycles. The molecular weight excluding hydrogens is 751 g/mol. The first-order chi connectivity index (χ1) is 30.6. The van der Waals surface area contributed by atoms with Crippen LogP contribution in [0.2, 0.25) is 0 Å². The van der Waals surface area contributed by atoms with E-state index in [0.29, 0.717) is 5.82 Å². The van der Waals surface area contributed by atoms with Crippen LogP contribution in [0.3, 0.4) is 0 Å². The van der Waals surface area contributed by atoms with Crippen LogP contribution >= 0.6 is 0 Å². The lowest BCUT2D eigenvalue weighted by molar-refractivity contribution is 1.18. The van der Waals surface area contributed by atoms with Crippen LogP contribution in [0.15, 0.2) is 225 Å². The first-order valence-electron chi connectivity index (χ1n) is 21.1. The number of hydrogen-bond acceptors (Lipinski definition) is 3. The molecule has 2 aromatic heterocycles. The van der Waals surface area contributed by atoms with Crippen LogP contribution in [0.5, 0.6) is 0 Å². The molecule has 0 saturated heterocycles. The number of pyridine rings is 1. The summed E-state index contributed by atoms with van der Waals surface area (Å²) in [6, 6.07) is 78.4. The Morgan fingerprint density at radius 1 is 0.226 bits per heavy atom. The Kier molecular flexibility index (Phi) is 8.50. The minimum atomic E-state index is 0.684. The van der Waals surface area contributed by atoms with Crippen LogP contribution in [0, 0.1) is 0 Å². The van der Waals surface area contributed by atoms with Gasteiger partial charge in [-0.1, -0.05) is 158 Å². The SMILES string of the molecule is c1ccc2cc3cc(-c4ccc(-c5cc(-c6ccc(-c7ccc8cc9ccccc9cc8c7)cc6)nc(-c6ccc(-c7ccc8ncccc8c7)cc6)n5)cc4)ccc3cc2c1. The van der Waals surface area contributed by atoms with Crippen LogP contribution in [0.25, 0.3) is 121 Å². The molecule has 0 aliphatic heterocycles. The highest BCUT2D eigenvalue weighted by atomic mass is 14.9. The Labute approximate surface area is 359 Å². The molecule has 2 heterocycles. The Balaban J connectivity index is 0.905. The van der Waals surface area contributed by atoms with Gasteiger partial charge in [0.15, 0.2) is 5.82 Å². The van der Waals surface area contributed by atoms with Gasteiger partial charge in [-0.15, -0.1) is 0 Å². The van der Waals surface area contributed by atoms with E-state index in [1.165, 1.54) is 54.2 Å². The zero-order chi connectivity index (χ0) is 41.0. The average molecular weight is 788 g/mol. The van der Waals surface area contributed by atoms with Crippen molar-refractivity contribution in [2.75, 3.05) is 0 Å². The van der Waals surface area contributed by atoms with Gasteiger partial charge in [0.25, 0.3) is 0 Å². The quantitative estimate of drug-likeness (QED) is 0.158. The fourth-order valence-corrected chi connectivity index (χ4v) is 8.85. The third kappa shape index (κ3) is 6.63. The molecule has 0 saturated carbocycles. The molecule has 3 nitrogen and oxygen atoms in total. The maximum Gasteiger partial charge on any atom is 0.160 e. The van der Waals surface area contributed by atoms with Crippen LogP contribution in [-0.2, 0) is 0 Å². The molecular formula is C59H37N3. The Bertz CT molecular complexity index is 3480. The first kappa shape index (κ1) is 35.7. The van der Waals surface area contributed by atoms with E-state index in [4.69, 9.17) is 9.97 Å². The molecule has 0 spiro atoms. The zero-order valence-corrected chi connectivity index (χ0v) is 33.7. The van der Waals surface area contributed by atoms with Crippen LogP contribution in [0.1, 0.15) is 0 Å². The van der Waals surface area contributed by atoms with Gasteiger partial charge in [0.05, 0.1) is 16.9 Å². The maximum absolute atomic E-state index is 5.21. The smallest absolute Gasteiger partial charge is 0.160 e. The highest BCUT2D eigenvalue weighted by molar-refractivity contribution is 6.01. The van der Waals surface area contributed by atoms with Gasteiger partial charge in [-0.25, -0.2) is 9.97 Å². The van der Waals surface area contributed by atoms with Crippen LogP contribution in [0.4, 0.5) is 0 Å². The van der Waals surface area contributed by atoms with E-state index in [9.17, 15) is 0 Å². The summed E-state index contributed by atoms with van der Waals surface area (Å²) in [5.41, 5.74) is 12.7. The van der Waals surface area contributed by atoms with Crippen molar-refractivity contribution in [1.29, 1.82) is 0 Å². The minimum Gasteiger partial charge on any atom is -0.256 e. The third-order valence-electron chi connectivity index (χ3n) is 12.2. The molecule has 288 valence electrons. The second kappa shape index (κ2) is 14.8. The van der Waals surface area contributed by atoms with Crippen molar-refractivity contribution in [3.05, 3.63) is 225 Å². The number of aromatic nitrogens is 3. The highest BCUT2D eigenvalue weighted by Gasteiger charge is 2.13. The van der Waals surface area contributed by atoms with Crippen molar-refractivity contribution in [3.63, 3.8) is 0 Å². The molecule has 0 aliphatic rings. The predicted octanol–water partition coefficient (Wildman–Crippen LogP) is 15.6. The molecule has 3 heteroatoms. The van der Waals surface area contributed by atoms with E-state index in [2.05, 4.69) is 217 Å². The molecule has 62 heavy (non-hydrogen) atoms. The monoisotopic (exact) mass is 787 g/mol. The minimum absolute atomic E-state index is 0.684. The van der Waals surface area contributed by atoms with E-state index in [1.807, 2.05) is 12.3 Å². The first-order valence-corrected chi connectivity index (χ1v) is 21.1. The van der Waals surface area contributed by atoms with E-state index < -0.39 is 0 Å². The fourth-order valence-electron chi connectivity index (χ4n) is 8.85. The van der Waals surface area contributed by atoms with Crippen molar-refractivity contribution in [2.45, 2.75) is 0 Å². The van der Waals surface area contributed by atoms with E-state index >= 15 is 0 Å². The number of hydrogen-bond donors (Lipinski definition) is 0. The van der Waals surface area contributed by atoms with E-state index in [0.717, 1.165) is 61.2 Å². The summed E-state index contributed by atoms with van der Waals surface area (Å²) >= 11 is 0. The Hall–Kier alpha value is -8.27. The summed E-state index contributed by atoms with van der Waals surface area (Å²) in [6.07, 6.45) is 1.83. The lowest BCUT2D eigenvalue weighted by atomic mass is 9.97. The van der Waals surface area contributed by atoms with Gasteiger partial charge in [0, 0.05) is 28.3 Å². The van der Waals surface area contributed by atoms with Crippen molar-refractivity contribution in [1.82, 2.24) is 15.0 Å². The lowest BCUT2D eigenvalue weighted by Gasteiger charge is -2.12. The van der Waals surface area contributed by atoms with Crippen LogP contribution < -0.4 is 0 Å². The number of fused-ring (bicyclic) bond motifs is 5. The van der Waals surface area contributed by atoms with Crippen molar-refractivity contribution in [2.24, 2.45) is 0 Å². The van der Waals surface area contributed by atoms with Crippen molar-refractivity contribution in [3.8, 4) is 67.3 Å². The zero-order valence-electron chi connectivity index (χ0n) is 33.7. The Morgan fingerprint density at radius 2 is 0.581 bits per heavy atom. The van der Waals surface area contributed by atoms with Gasteiger partial charge < -0.3 is 0 Å². The second-order valence-corrected chi connectivity index (χ2v) is 16.1. The molecule has 0 amide bonds. The predicted molar refractivity (Wildman–Crippen MR) is 260 cm³/mol. The summed E-state index contributed by atoms with van der Waals surface area (Å²) in [5, 5.41) is 11.1. The molecule has 0 radical (unpaired) electrons. The third-order valence-corrected chi connectivity index (χ3v) is 12.2. The largest absolute Gasteiger partial charge is 0.256 e. The molecule has 0 aliphatic carbocycles. The van der Waals surface area contributed by atoms with Gasteiger partial charge in [-0.2, -0.15) is 0 Å². The fraction of sp³-hybridized carbons (Fsp3) is 0. The summed E-state index contributed by atoms with van der Waals surface area (Å²) in [5.74, 6) is 0.684. The second-order valence-electron chi connectivity index (χ2n) is 16.1. The molecule has 0 fully saturated rings. The Morgan fingerprint density at radius 3 is 1.06 bits per heavy atom. The van der Waals surface area contributed by atoms with Gasteiger partial charge in [-0.05, 0) is 137 Å². The molecule has 0 atom stereocenters. The average Bonchev–Trinajstić information content (AvgIpc) is 3.34. The van der Waals surface area contributed by atoms with E-state index in [1.54, 1.807) is 0 Å². The van der Waals surface area contributed by atoms with Gasteiger partial charge in [0.1, 0.15) is 0 Å². The summed E-state index contributed by atoms with van der Waals surface area (Å²) in [6.45, 7) is 0. The van der Waals surface area contributed by atoms with E-state index in [-0.39, 0.29) is 0 Å². The van der Waals surface area contributed by atoms with Crippen molar-refractivity contribution < 1.29 is 0 Å². The molecule has 0 N–H and O–H groups in total. The maximum atomic E-state index is 5.21. The lowest BCUT2D eigenvalue weighted by Crippen LogP contribution is -1.96.